The van der Waals surface area contributed by atoms with Gasteiger partial charge in [-0.1, -0.05) is 13.3 Å². The maximum absolute atomic E-state index is 14.8. The van der Waals surface area contributed by atoms with E-state index in [4.69, 9.17) is 4.74 Å². The summed E-state index contributed by atoms with van der Waals surface area (Å²) in [6, 6.07) is 5.30. The third kappa shape index (κ3) is 4.27. The van der Waals surface area contributed by atoms with E-state index in [1.165, 1.54) is 12.1 Å². The molecule has 33 heavy (non-hydrogen) atoms. The zero-order valence-corrected chi connectivity index (χ0v) is 17.7. The van der Waals surface area contributed by atoms with Crippen molar-refractivity contribution in [3.63, 3.8) is 0 Å². The Bertz CT molecular complexity index is 1220. The van der Waals surface area contributed by atoms with Gasteiger partial charge in [-0.25, -0.2) is 18.7 Å². The number of halogens is 5. The second-order valence-corrected chi connectivity index (χ2v) is 7.59. The molecule has 0 N–H and O–H groups in total. The van der Waals surface area contributed by atoms with Crippen LogP contribution in [-0.4, -0.2) is 31.9 Å². The van der Waals surface area contributed by atoms with Crippen molar-refractivity contribution in [1.82, 2.24) is 19.4 Å². The number of carbonyl (C=O) groups excluding carboxylic acids is 1. The molecule has 0 fully saturated rings. The molecular formula is C22H19F5N4O2. The van der Waals surface area contributed by atoms with Crippen LogP contribution in [0.15, 0.2) is 30.3 Å². The maximum Gasteiger partial charge on any atom is 0.436 e. The van der Waals surface area contributed by atoms with Gasteiger partial charge in [0.1, 0.15) is 0 Å². The normalized spacial score (nSPS) is 13.5. The van der Waals surface area contributed by atoms with E-state index in [9.17, 15) is 26.7 Å². The van der Waals surface area contributed by atoms with E-state index >= 15 is 0 Å². The Morgan fingerprint density at radius 3 is 2.52 bits per heavy atom. The van der Waals surface area contributed by atoms with Crippen molar-refractivity contribution in [3.05, 3.63) is 59.2 Å². The molecule has 6 nitrogen and oxygen atoms in total. The first-order chi connectivity index (χ1) is 15.6. The molecule has 0 atom stereocenters. The number of unbranched alkanes of at least 4 members (excludes halogenated alkanes) is 1. The number of benzene rings is 1. The number of pyridine rings is 1. The summed E-state index contributed by atoms with van der Waals surface area (Å²) in [5, 5.41) is 0. The Morgan fingerprint density at radius 1 is 1.09 bits per heavy atom. The van der Waals surface area contributed by atoms with Crippen LogP contribution in [0.1, 0.15) is 41.8 Å². The Morgan fingerprint density at radius 2 is 1.85 bits per heavy atom. The summed E-state index contributed by atoms with van der Waals surface area (Å²) in [6.07, 6.45) is -3.24. The molecule has 0 unspecified atom stereocenters. The molecule has 11 heteroatoms. The van der Waals surface area contributed by atoms with Gasteiger partial charge in [0, 0.05) is 18.2 Å². The molecule has 1 aromatic carbocycles. The minimum absolute atomic E-state index is 0.193. The Hall–Kier alpha value is -3.50. The SMILES string of the molecule is CCCCN1Cn2c(nc(C)c2-c2ccc(Oc3ccc(F)c(C(F)(F)F)n3)c(F)c2)C1=O. The second-order valence-electron chi connectivity index (χ2n) is 7.59. The molecule has 3 heterocycles. The smallest absolute Gasteiger partial charge is 0.436 e. The number of fused-ring (bicyclic) bond motifs is 1. The first-order valence-electron chi connectivity index (χ1n) is 10.2. The molecule has 1 amide bonds. The van der Waals surface area contributed by atoms with Gasteiger partial charge in [-0.05, 0) is 37.6 Å². The fraction of sp³-hybridized carbons (Fsp3) is 0.318. The average Bonchev–Trinajstić information content (AvgIpc) is 3.23. The lowest BCUT2D eigenvalue weighted by molar-refractivity contribution is -0.143. The minimum atomic E-state index is -5.02. The first kappa shape index (κ1) is 22.7. The van der Waals surface area contributed by atoms with Crippen molar-refractivity contribution in [2.45, 2.75) is 39.5 Å². The van der Waals surface area contributed by atoms with Crippen LogP contribution in [0.4, 0.5) is 22.0 Å². The van der Waals surface area contributed by atoms with Gasteiger partial charge in [0.2, 0.25) is 11.7 Å². The Labute approximate surface area is 185 Å². The molecule has 0 aliphatic carbocycles. The monoisotopic (exact) mass is 466 g/mol. The summed E-state index contributed by atoms with van der Waals surface area (Å²) in [7, 11) is 0. The lowest BCUT2D eigenvalue weighted by Crippen LogP contribution is -2.26. The van der Waals surface area contributed by atoms with Crippen LogP contribution in [0.3, 0.4) is 0 Å². The summed E-state index contributed by atoms with van der Waals surface area (Å²) in [5.41, 5.74) is -0.234. The van der Waals surface area contributed by atoms with E-state index in [2.05, 4.69) is 9.97 Å². The molecule has 1 aliphatic heterocycles. The van der Waals surface area contributed by atoms with Crippen molar-refractivity contribution in [3.8, 4) is 22.9 Å². The van der Waals surface area contributed by atoms with Crippen LogP contribution in [0.5, 0.6) is 11.6 Å². The largest absolute Gasteiger partial charge is 0.436 e. The van der Waals surface area contributed by atoms with Crippen LogP contribution in [0.25, 0.3) is 11.3 Å². The molecule has 0 radical (unpaired) electrons. The number of aromatic nitrogens is 3. The summed E-state index contributed by atoms with van der Waals surface area (Å²) in [5.74, 6) is -3.33. The Kier molecular flexibility index (Phi) is 5.81. The highest BCUT2D eigenvalue weighted by Crippen LogP contribution is 2.35. The van der Waals surface area contributed by atoms with Crippen molar-refractivity contribution in [1.29, 1.82) is 0 Å². The third-order valence-corrected chi connectivity index (χ3v) is 5.22. The zero-order chi connectivity index (χ0) is 23.9. The molecule has 1 aliphatic rings. The van der Waals surface area contributed by atoms with Gasteiger partial charge in [0.25, 0.3) is 5.91 Å². The fourth-order valence-electron chi connectivity index (χ4n) is 3.66. The zero-order valence-electron chi connectivity index (χ0n) is 17.7. The number of nitrogens with zero attached hydrogens (tertiary/aromatic N) is 4. The summed E-state index contributed by atoms with van der Waals surface area (Å²) in [6.45, 7) is 4.60. The van der Waals surface area contributed by atoms with Crippen molar-refractivity contribution in [2.24, 2.45) is 0 Å². The highest BCUT2D eigenvalue weighted by molar-refractivity contribution is 5.94. The number of ether oxygens (including phenoxy) is 1. The van der Waals surface area contributed by atoms with Gasteiger partial charge in [-0.3, -0.25) is 4.79 Å². The topological polar surface area (TPSA) is 60.3 Å². The number of aryl methyl sites for hydroxylation is 1. The van der Waals surface area contributed by atoms with E-state index < -0.39 is 29.4 Å². The lowest BCUT2D eigenvalue weighted by atomic mass is 10.1. The number of amides is 1. The predicted octanol–water partition coefficient (Wildman–Crippen LogP) is 5.56. The molecule has 0 bridgehead atoms. The van der Waals surface area contributed by atoms with Gasteiger partial charge in [0.15, 0.2) is 23.1 Å². The highest BCUT2D eigenvalue weighted by Gasteiger charge is 2.37. The summed E-state index contributed by atoms with van der Waals surface area (Å²) < 4.78 is 73.6. The average molecular weight is 466 g/mol. The van der Waals surface area contributed by atoms with Gasteiger partial charge in [-0.15, -0.1) is 0 Å². The van der Waals surface area contributed by atoms with Gasteiger partial charge < -0.3 is 14.2 Å². The van der Waals surface area contributed by atoms with E-state index in [1.807, 2.05) is 6.92 Å². The number of imidazole rings is 1. The van der Waals surface area contributed by atoms with Crippen LogP contribution in [-0.2, 0) is 12.8 Å². The Balaban J connectivity index is 1.62. The number of carbonyl (C=O) groups is 1. The predicted molar refractivity (Wildman–Crippen MR) is 108 cm³/mol. The van der Waals surface area contributed by atoms with Gasteiger partial charge in [0.05, 0.1) is 18.1 Å². The molecule has 0 saturated heterocycles. The van der Waals surface area contributed by atoms with Crippen molar-refractivity contribution < 1.29 is 31.5 Å². The number of alkyl halides is 3. The molecule has 2 aromatic heterocycles. The van der Waals surface area contributed by atoms with Gasteiger partial charge in [-0.2, -0.15) is 13.2 Å². The summed E-state index contributed by atoms with van der Waals surface area (Å²) >= 11 is 0. The molecule has 4 rings (SSSR count). The number of hydrogen-bond donors (Lipinski definition) is 0. The highest BCUT2D eigenvalue weighted by atomic mass is 19.4. The van der Waals surface area contributed by atoms with Crippen molar-refractivity contribution in [2.75, 3.05) is 6.54 Å². The van der Waals surface area contributed by atoms with Crippen LogP contribution in [0.2, 0.25) is 0 Å². The van der Waals surface area contributed by atoms with Crippen LogP contribution >= 0.6 is 0 Å². The lowest BCUT2D eigenvalue weighted by Gasteiger charge is -2.16. The number of rotatable bonds is 6. The minimum Gasteiger partial charge on any atom is -0.436 e. The summed E-state index contributed by atoms with van der Waals surface area (Å²) in [4.78, 5) is 21.7. The number of hydrogen-bond acceptors (Lipinski definition) is 4. The molecular weight excluding hydrogens is 447 g/mol. The van der Waals surface area contributed by atoms with E-state index in [0.29, 0.717) is 36.2 Å². The van der Waals surface area contributed by atoms with E-state index in [1.54, 1.807) is 16.4 Å². The fourth-order valence-corrected chi connectivity index (χ4v) is 3.66. The molecule has 0 spiro atoms. The van der Waals surface area contributed by atoms with Crippen LogP contribution in [0, 0.1) is 18.6 Å². The van der Waals surface area contributed by atoms with Crippen molar-refractivity contribution >= 4 is 5.91 Å². The molecule has 3 aromatic rings. The second kappa shape index (κ2) is 8.45. The van der Waals surface area contributed by atoms with E-state index in [0.717, 1.165) is 25.0 Å². The molecule has 0 saturated carbocycles. The van der Waals surface area contributed by atoms with E-state index in [-0.39, 0.29) is 17.5 Å². The first-order valence-corrected chi connectivity index (χ1v) is 10.2. The van der Waals surface area contributed by atoms with Crippen LogP contribution < -0.4 is 4.74 Å². The standard InChI is InChI=1S/C22H19F5N4O2/c1-3-4-9-30-11-31-18(12(2)28-20(31)21(30)32)13-5-7-16(15(24)10-13)33-17-8-6-14(23)19(29-17)22(25,26)27/h5-8,10H,3-4,9,11H2,1-2H3. The molecule has 174 valence electrons. The third-order valence-electron chi connectivity index (χ3n) is 5.22. The van der Waals surface area contributed by atoms with Gasteiger partial charge >= 0.3 is 6.18 Å². The quantitative estimate of drug-likeness (QED) is 0.447. The maximum atomic E-state index is 14.8.